The number of hydrogen-bond donors (Lipinski definition) is 1. The molecule has 1 fully saturated rings. The summed E-state index contributed by atoms with van der Waals surface area (Å²) in [6.07, 6.45) is 2.63. The quantitative estimate of drug-likeness (QED) is 0.838. The predicted molar refractivity (Wildman–Crippen MR) is 85.3 cm³/mol. The van der Waals surface area contributed by atoms with Crippen molar-refractivity contribution in [2.45, 2.75) is 38.3 Å². The van der Waals surface area contributed by atoms with Gasteiger partial charge < -0.3 is 9.63 Å². The van der Waals surface area contributed by atoms with E-state index in [0.29, 0.717) is 35.7 Å². The summed E-state index contributed by atoms with van der Waals surface area (Å²) < 4.78 is 5.27. The van der Waals surface area contributed by atoms with Crippen molar-refractivity contribution in [3.05, 3.63) is 35.2 Å². The molecule has 6 nitrogen and oxygen atoms in total. The number of halogens is 1. The first-order valence-electron chi connectivity index (χ1n) is 7.61. The Labute approximate surface area is 139 Å². The van der Waals surface area contributed by atoms with Gasteiger partial charge in [-0.15, -0.1) is 0 Å². The van der Waals surface area contributed by atoms with Gasteiger partial charge in [0.15, 0.2) is 0 Å². The first-order chi connectivity index (χ1) is 11.0. The molecule has 0 radical (unpaired) electrons. The van der Waals surface area contributed by atoms with E-state index in [0.717, 1.165) is 18.4 Å². The monoisotopic (exact) mass is 335 g/mol. The summed E-state index contributed by atoms with van der Waals surface area (Å²) >= 11 is 5.96. The largest absolute Gasteiger partial charge is 0.480 e. The Kier molecular flexibility index (Phi) is 4.63. The number of benzene rings is 1. The number of nitrogens with zero attached hydrogens (tertiary/aromatic N) is 3. The molecule has 0 amide bonds. The molecular weight excluding hydrogens is 318 g/mol. The highest BCUT2D eigenvalue weighted by Crippen LogP contribution is 2.29. The Hall–Kier alpha value is -1.92. The zero-order valence-electron chi connectivity index (χ0n) is 12.8. The minimum atomic E-state index is -0.804. The highest BCUT2D eigenvalue weighted by Gasteiger charge is 2.34. The zero-order valence-corrected chi connectivity index (χ0v) is 13.5. The Morgan fingerprint density at radius 3 is 2.96 bits per heavy atom. The number of carboxylic acids is 1. The fraction of sp³-hybridized carbons (Fsp3) is 0.438. The maximum Gasteiger partial charge on any atom is 0.320 e. The van der Waals surface area contributed by atoms with Gasteiger partial charge in [0, 0.05) is 29.6 Å². The summed E-state index contributed by atoms with van der Waals surface area (Å²) in [6, 6.07) is 7.11. The highest BCUT2D eigenvalue weighted by molar-refractivity contribution is 6.30. The molecule has 23 heavy (non-hydrogen) atoms. The summed E-state index contributed by atoms with van der Waals surface area (Å²) in [5.41, 5.74) is 0.797. The lowest BCUT2D eigenvalue weighted by molar-refractivity contribution is -0.142. The van der Waals surface area contributed by atoms with Crippen LogP contribution < -0.4 is 0 Å². The third-order valence-corrected chi connectivity index (χ3v) is 4.24. The van der Waals surface area contributed by atoms with E-state index in [-0.39, 0.29) is 0 Å². The standard InChI is InChI=1S/C16H18ClN3O3/c1-10(16(21)22)20(13-5-6-13)8-7-14-18-15(19-23-14)11-3-2-4-12(17)9-11/h2-4,9-10,13H,5-8H2,1H3,(H,21,22). The summed E-state index contributed by atoms with van der Waals surface area (Å²) in [5.74, 6) is 0.192. The van der Waals surface area contributed by atoms with E-state index >= 15 is 0 Å². The average molecular weight is 336 g/mol. The van der Waals surface area contributed by atoms with Crippen molar-refractivity contribution in [3.63, 3.8) is 0 Å². The number of aliphatic carboxylic acids is 1. The van der Waals surface area contributed by atoms with Crippen LogP contribution in [0.25, 0.3) is 11.4 Å². The van der Waals surface area contributed by atoms with Crippen LogP contribution in [0.2, 0.25) is 5.02 Å². The Morgan fingerprint density at radius 2 is 2.30 bits per heavy atom. The smallest absolute Gasteiger partial charge is 0.320 e. The predicted octanol–water partition coefficient (Wildman–Crippen LogP) is 2.87. The summed E-state index contributed by atoms with van der Waals surface area (Å²) in [5, 5.41) is 13.8. The summed E-state index contributed by atoms with van der Waals surface area (Å²) in [6.45, 7) is 2.31. The molecule has 0 saturated heterocycles. The molecule has 1 unspecified atom stereocenters. The van der Waals surface area contributed by atoms with Gasteiger partial charge >= 0.3 is 5.97 Å². The first-order valence-corrected chi connectivity index (χ1v) is 7.99. The van der Waals surface area contributed by atoms with E-state index in [9.17, 15) is 9.90 Å². The molecule has 1 aliphatic rings. The lowest BCUT2D eigenvalue weighted by Gasteiger charge is -2.25. The Balaban J connectivity index is 1.65. The molecule has 7 heteroatoms. The van der Waals surface area contributed by atoms with Gasteiger partial charge in [-0.1, -0.05) is 28.9 Å². The zero-order chi connectivity index (χ0) is 16.4. The van der Waals surface area contributed by atoms with Crippen molar-refractivity contribution in [1.29, 1.82) is 0 Å². The molecule has 1 aromatic heterocycles. The minimum Gasteiger partial charge on any atom is -0.480 e. The Bertz CT molecular complexity index is 699. The van der Waals surface area contributed by atoms with E-state index in [2.05, 4.69) is 10.1 Å². The van der Waals surface area contributed by atoms with Crippen molar-refractivity contribution in [2.24, 2.45) is 0 Å². The van der Waals surface area contributed by atoms with Crippen LogP contribution in [0.5, 0.6) is 0 Å². The molecular formula is C16H18ClN3O3. The van der Waals surface area contributed by atoms with Gasteiger partial charge in [-0.25, -0.2) is 0 Å². The highest BCUT2D eigenvalue weighted by atomic mass is 35.5. The van der Waals surface area contributed by atoms with Crippen LogP contribution >= 0.6 is 11.6 Å². The molecule has 122 valence electrons. The van der Waals surface area contributed by atoms with Gasteiger partial charge in [0.05, 0.1) is 0 Å². The molecule has 0 aliphatic heterocycles. The van der Waals surface area contributed by atoms with Gasteiger partial charge in [0.1, 0.15) is 6.04 Å². The van der Waals surface area contributed by atoms with Gasteiger partial charge in [-0.3, -0.25) is 9.69 Å². The van der Waals surface area contributed by atoms with Crippen LogP contribution in [-0.2, 0) is 11.2 Å². The van der Waals surface area contributed by atoms with Crippen molar-refractivity contribution in [2.75, 3.05) is 6.54 Å². The van der Waals surface area contributed by atoms with Crippen LogP contribution in [-0.4, -0.2) is 44.7 Å². The van der Waals surface area contributed by atoms with E-state index in [1.165, 1.54) is 0 Å². The maximum absolute atomic E-state index is 11.2. The number of rotatable bonds is 7. The van der Waals surface area contributed by atoms with Gasteiger partial charge in [-0.2, -0.15) is 4.98 Å². The molecule has 1 N–H and O–H groups in total. The van der Waals surface area contributed by atoms with Crippen molar-refractivity contribution >= 4 is 17.6 Å². The molecule has 1 aliphatic carbocycles. The van der Waals surface area contributed by atoms with Gasteiger partial charge in [0.2, 0.25) is 11.7 Å². The second-order valence-electron chi connectivity index (χ2n) is 5.76. The number of carbonyl (C=O) groups is 1. The molecule has 1 atom stereocenters. The van der Waals surface area contributed by atoms with Crippen LogP contribution in [0.1, 0.15) is 25.7 Å². The first kappa shape index (κ1) is 16.0. The minimum absolute atomic E-state index is 0.358. The van der Waals surface area contributed by atoms with E-state index in [4.69, 9.17) is 16.1 Å². The lowest BCUT2D eigenvalue weighted by atomic mass is 10.2. The topological polar surface area (TPSA) is 79.5 Å². The SMILES string of the molecule is CC(C(=O)O)N(CCc1nc(-c2cccc(Cl)c2)no1)C1CC1. The fourth-order valence-corrected chi connectivity index (χ4v) is 2.76. The second-order valence-corrected chi connectivity index (χ2v) is 6.19. The van der Waals surface area contributed by atoms with E-state index in [1.54, 1.807) is 19.1 Å². The molecule has 3 rings (SSSR count). The third-order valence-electron chi connectivity index (χ3n) is 4.01. The summed E-state index contributed by atoms with van der Waals surface area (Å²) in [7, 11) is 0. The maximum atomic E-state index is 11.2. The van der Waals surface area contributed by atoms with Crippen molar-refractivity contribution in [1.82, 2.24) is 15.0 Å². The summed E-state index contributed by atoms with van der Waals surface area (Å²) in [4.78, 5) is 17.6. The second kappa shape index (κ2) is 6.68. The Morgan fingerprint density at radius 1 is 1.52 bits per heavy atom. The molecule has 1 saturated carbocycles. The number of carboxylic acid groups (broad SMARTS) is 1. The number of hydrogen-bond acceptors (Lipinski definition) is 5. The normalized spacial score (nSPS) is 15.8. The van der Waals surface area contributed by atoms with Crippen LogP contribution in [0.3, 0.4) is 0 Å². The van der Waals surface area contributed by atoms with Crippen molar-refractivity contribution < 1.29 is 14.4 Å². The molecule has 1 aromatic carbocycles. The molecule has 0 spiro atoms. The molecule has 1 heterocycles. The van der Waals surface area contributed by atoms with Crippen LogP contribution in [0.15, 0.2) is 28.8 Å². The van der Waals surface area contributed by atoms with Gasteiger partial charge in [-0.05, 0) is 31.9 Å². The average Bonchev–Trinajstić information content (AvgIpc) is 3.24. The van der Waals surface area contributed by atoms with E-state index in [1.807, 2.05) is 17.0 Å². The van der Waals surface area contributed by atoms with Crippen LogP contribution in [0, 0.1) is 0 Å². The van der Waals surface area contributed by atoms with Gasteiger partial charge in [0.25, 0.3) is 0 Å². The fourth-order valence-electron chi connectivity index (χ4n) is 2.57. The molecule has 0 bridgehead atoms. The van der Waals surface area contributed by atoms with E-state index < -0.39 is 12.0 Å². The lowest BCUT2D eigenvalue weighted by Crippen LogP contribution is -2.41. The van der Waals surface area contributed by atoms with Crippen LogP contribution in [0.4, 0.5) is 0 Å². The van der Waals surface area contributed by atoms with Crippen molar-refractivity contribution in [3.8, 4) is 11.4 Å². The third kappa shape index (κ3) is 3.89. The number of aromatic nitrogens is 2. The molecule has 2 aromatic rings.